The van der Waals surface area contributed by atoms with Crippen LogP contribution in [0.4, 0.5) is 0 Å². The van der Waals surface area contributed by atoms with Crippen molar-refractivity contribution in [2.24, 2.45) is 0 Å². The molecule has 0 N–H and O–H groups in total. The summed E-state index contributed by atoms with van der Waals surface area (Å²) in [6.45, 7) is 6.54. The molecule has 0 amide bonds. The summed E-state index contributed by atoms with van der Waals surface area (Å²) in [5.74, 6) is 0. The van der Waals surface area contributed by atoms with Gasteiger partial charge < -0.3 is 0 Å². The van der Waals surface area contributed by atoms with Gasteiger partial charge in [0, 0.05) is 4.83 Å². The van der Waals surface area contributed by atoms with Crippen molar-refractivity contribution in [1.29, 1.82) is 0 Å². The minimum Gasteiger partial charge on any atom is -0.0887 e. The minimum absolute atomic E-state index is 0.619. The van der Waals surface area contributed by atoms with Gasteiger partial charge >= 0.3 is 0 Å². The molecule has 0 aliphatic heterocycles. The van der Waals surface area contributed by atoms with E-state index in [9.17, 15) is 0 Å². The molecule has 0 fully saturated rings. The van der Waals surface area contributed by atoms with Crippen LogP contribution in [0.15, 0.2) is 18.2 Å². The molecule has 0 spiro atoms. The molecule has 0 saturated heterocycles. The highest BCUT2D eigenvalue weighted by Gasteiger charge is 2.04. The number of halogens is 1. The molecule has 1 unspecified atom stereocenters. The third-order valence-electron chi connectivity index (χ3n) is 2.38. The monoisotopic (exact) mass is 240 g/mol. The van der Waals surface area contributed by atoms with Crippen LogP contribution in [-0.4, -0.2) is 4.83 Å². The Labute approximate surface area is 89.5 Å². The second-order valence-electron chi connectivity index (χ2n) is 3.64. The molecule has 0 aliphatic carbocycles. The van der Waals surface area contributed by atoms with Gasteiger partial charge in [0.1, 0.15) is 0 Å². The first kappa shape index (κ1) is 10.8. The lowest BCUT2D eigenvalue weighted by Crippen LogP contribution is -2.02. The predicted octanol–water partition coefficient (Wildman–Crippen LogP) is 4.02. The largest absolute Gasteiger partial charge is 0.0887 e. The standard InChI is InChI=1S/C12H17Br/c1-4-12(13)8-11-6-5-9(2)7-10(11)3/h5-7,12H,4,8H2,1-3H3. The summed E-state index contributed by atoms with van der Waals surface area (Å²) in [5.41, 5.74) is 4.23. The van der Waals surface area contributed by atoms with Crippen molar-refractivity contribution in [2.75, 3.05) is 0 Å². The van der Waals surface area contributed by atoms with E-state index in [4.69, 9.17) is 0 Å². The van der Waals surface area contributed by atoms with Crippen LogP contribution in [0.1, 0.15) is 30.0 Å². The van der Waals surface area contributed by atoms with Gasteiger partial charge in [-0.3, -0.25) is 0 Å². The Morgan fingerprint density at radius 1 is 1.31 bits per heavy atom. The summed E-state index contributed by atoms with van der Waals surface area (Å²) in [7, 11) is 0. The molecule has 0 bridgehead atoms. The van der Waals surface area contributed by atoms with Gasteiger partial charge in [-0.25, -0.2) is 0 Å². The van der Waals surface area contributed by atoms with E-state index in [1.807, 2.05) is 0 Å². The molecular formula is C12H17Br. The number of hydrogen-bond donors (Lipinski definition) is 0. The van der Waals surface area contributed by atoms with Gasteiger partial charge in [-0.15, -0.1) is 0 Å². The molecule has 1 aromatic carbocycles. The van der Waals surface area contributed by atoms with Gasteiger partial charge in [-0.05, 0) is 37.8 Å². The summed E-state index contributed by atoms with van der Waals surface area (Å²) < 4.78 is 0. The van der Waals surface area contributed by atoms with Crippen LogP contribution in [0.5, 0.6) is 0 Å². The maximum Gasteiger partial charge on any atom is 0.0183 e. The van der Waals surface area contributed by atoms with E-state index in [2.05, 4.69) is 54.9 Å². The molecule has 1 atom stereocenters. The van der Waals surface area contributed by atoms with E-state index in [-0.39, 0.29) is 0 Å². The van der Waals surface area contributed by atoms with Gasteiger partial charge in [0.05, 0.1) is 0 Å². The Kier molecular flexibility index (Phi) is 3.98. The molecule has 1 aromatic rings. The van der Waals surface area contributed by atoms with Crippen LogP contribution in [-0.2, 0) is 6.42 Å². The fourth-order valence-electron chi connectivity index (χ4n) is 1.46. The Bertz CT molecular complexity index is 278. The normalized spacial score (nSPS) is 12.9. The molecule has 13 heavy (non-hydrogen) atoms. The number of alkyl halides is 1. The van der Waals surface area contributed by atoms with Crippen molar-refractivity contribution >= 4 is 15.9 Å². The molecule has 1 heteroatoms. The third-order valence-corrected chi connectivity index (χ3v) is 3.35. The van der Waals surface area contributed by atoms with Crippen molar-refractivity contribution in [3.63, 3.8) is 0 Å². The molecular weight excluding hydrogens is 224 g/mol. The first-order valence-electron chi connectivity index (χ1n) is 4.83. The number of aryl methyl sites for hydroxylation is 2. The Hall–Kier alpha value is -0.300. The smallest absolute Gasteiger partial charge is 0.0183 e. The minimum atomic E-state index is 0.619. The quantitative estimate of drug-likeness (QED) is 0.701. The average molecular weight is 241 g/mol. The molecule has 0 heterocycles. The van der Waals surface area contributed by atoms with Crippen LogP contribution in [0.3, 0.4) is 0 Å². The molecule has 0 aromatic heterocycles. The second kappa shape index (κ2) is 4.80. The van der Waals surface area contributed by atoms with Crippen LogP contribution >= 0.6 is 15.9 Å². The first-order chi connectivity index (χ1) is 6.13. The first-order valence-corrected chi connectivity index (χ1v) is 5.75. The van der Waals surface area contributed by atoms with Crippen molar-refractivity contribution in [1.82, 2.24) is 0 Å². The van der Waals surface area contributed by atoms with Gasteiger partial charge in [0.25, 0.3) is 0 Å². The molecule has 0 nitrogen and oxygen atoms in total. The van der Waals surface area contributed by atoms with Gasteiger partial charge in [-0.2, -0.15) is 0 Å². The highest BCUT2D eigenvalue weighted by Crippen LogP contribution is 2.17. The fraction of sp³-hybridized carbons (Fsp3) is 0.500. The highest BCUT2D eigenvalue weighted by molar-refractivity contribution is 9.09. The lowest BCUT2D eigenvalue weighted by atomic mass is 10.0. The van der Waals surface area contributed by atoms with E-state index in [1.54, 1.807) is 0 Å². The molecule has 0 radical (unpaired) electrons. The maximum atomic E-state index is 3.67. The van der Waals surface area contributed by atoms with Crippen molar-refractivity contribution in [3.05, 3.63) is 34.9 Å². The van der Waals surface area contributed by atoms with Crippen molar-refractivity contribution < 1.29 is 0 Å². The van der Waals surface area contributed by atoms with Crippen molar-refractivity contribution in [3.8, 4) is 0 Å². The SMILES string of the molecule is CCC(Br)Cc1ccc(C)cc1C. The second-order valence-corrected chi connectivity index (χ2v) is 4.93. The van der Waals surface area contributed by atoms with Gasteiger partial charge in [-0.1, -0.05) is 46.6 Å². The third kappa shape index (κ3) is 3.15. The molecule has 72 valence electrons. The number of rotatable bonds is 3. The molecule has 0 saturated carbocycles. The zero-order valence-electron chi connectivity index (χ0n) is 8.60. The van der Waals surface area contributed by atoms with Gasteiger partial charge in [0.15, 0.2) is 0 Å². The molecule has 1 rings (SSSR count). The number of hydrogen-bond acceptors (Lipinski definition) is 0. The summed E-state index contributed by atoms with van der Waals surface area (Å²) in [4.78, 5) is 0.619. The summed E-state index contributed by atoms with van der Waals surface area (Å²) in [6.07, 6.45) is 2.33. The lowest BCUT2D eigenvalue weighted by molar-refractivity contribution is 0.825. The topological polar surface area (TPSA) is 0 Å². The highest BCUT2D eigenvalue weighted by atomic mass is 79.9. The van der Waals surface area contributed by atoms with Crippen molar-refractivity contribution in [2.45, 2.75) is 38.4 Å². The van der Waals surface area contributed by atoms with Gasteiger partial charge in [0.2, 0.25) is 0 Å². The van der Waals surface area contributed by atoms with E-state index in [0.29, 0.717) is 4.83 Å². The fourth-order valence-corrected chi connectivity index (χ4v) is 1.81. The van der Waals surface area contributed by atoms with E-state index >= 15 is 0 Å². The zero-order valence-corrected chi connectivity index (χ0v) is 10.2. The lowest BCUT2D eigenvalue weighted by Gasteiger charge is -2.10. The van der Waals surface area contributed by atoms with E-state index < -0.39 is 0 Å². The van der Waals surface area contributed by atoms with Crippen LogP contribution < -0.4 is 0 Å². The number of benzene rings is 1. The Balaban J connectivity index is 2.77. The van der Waals surface area contributed by atoms with E-state index in [0.717, 1.165) is 6.42 Å². The molecule has 0 aliphatic rings. The van der Waals surface area contributed by atoms with E-state index in [1.165, 1.54) is 23.1 Å². The van der Waals surface area contributed by atoms with Crippen LogP contribution in [0.25, 0.3) is 0 Å². The maximum absolute atomic E-state index is 3.67. The Morgan fingerprint density at radius 3 is 2.54 bits per heavy atom. The summed E-state index contributed by atoms with van der Waals surface area (Å²) in [6, 6.07) is 6.69. The summed E-state index contributed by atoms with van der Waals surface area (Å²) >= 11 is 3.67. The van der Waals surface area contributed by atoms with Crippen LogP contribution in [0, 0.1) is 13.8 Å². The average Bonchev–Trinajstić information content (AvgIpc) is 2.09. The predicted molar refractivity (Wildman–Crippen MR) is 62.6 cm³/mol. The summed E-state index contributed by atoms with van der Waals surface area (Å²) in [5, 5.41) is 0. The van der Waals surface area contributed by atoms with Crippen LogP contribution in [0.2, 0.25) is 0 Å². The Morgan fingerprint density at radius 2 is 2.00 bits per heavy atom. The zero-order chi connectivity index (χ0) is 9.84.